The molecule has 0 aliphatic heterocycles. The standard InChI is InChI=1S/C28H56O10Si3/c1-11-30-39(31-12-2,32-13-3)22-25-20-26(23-40(33-14-4,34-15-5)35-16-6)28(29-10)27(21-25)24-41(36-17-7,37-18-8)38-19-9/h20-21H,11-19,22-24H2,1-10H3. The Hall–Kier alpha value is -0.689. The first-order chi connectivity index (χ1) is 19.7. The second kappa shape index (κ2) is 20.3. The van der Waals surface area contributed by atoms with Gasteiger partial charge in [-0.3, -0.25) is 0 Å². The van der Waals surface area contributed by atoms with Crippen molar-refractivity contribution in [2.75, 3.05) is 66.6 Å². The van der Waals surface area contributed by atoms with Crippen molar-refractivity contribution in [2.24, 2.45) is 0 Å². The van der Waals surface area contributed by atoms with Crippen LogP contribution >= 0.6 is 0 Å². The van der Waals surface area contributed by atoms with Crippen molar-refractivity contribution in [1.29, 1.82) is 0 Å². The lowest BCUT2D eigenvalue weighted by atomic mass is 10.1. The fourth-order valence-electron chi connectivity index (χ4n) is 4.98. The van der Waals surface area contributed by atoms with E-state index in [9.17, 15) is 0 Å². The molecule has 0 saturated carbocycles. The lowest BCUT2D eigenvalue weighted by Crippen LogP contribution is -2.50. The lowest BCUT2D eigenvalue weighted by molar-refractivity contribution is 0.0699. The van der Waals surface area contributed by atoms with E-state index in [1.165, 1.54) is 0 Å². The van der Waals surface area contributed by atoms with Gasteiger partial charge in [0.05, 0.1) is 7.11 Å². The Morgan fingerprint density at radius 3 is 0.878 bits per heavy atom. The molecule has 0 spiro atoms. The molecule has 0 unspecified atom stereocenters. The molecule has 0 saturated heterocycles. The summed E-state index contributed by atoms with van der Waals surface area (Å²) in [5.41, 5.74) is 2.83. The average molecular weight is 637 g/mol. The number of hydrogen-bond acceptors (Lipinski definition) is 10. The van der Waals surface area contributed by atoms with E-state index in [-0.39, 0.29) is 0 Å². The molecule has 0 aliphatic carbocycles. The SMILES string of the molecule is CCO[Si](Cc1cc(C[Si](OCC)(OCC)OCC)c(OC)c(C[Si](OCC)(OCC)OCC)c1)(OCC)OCC. The van der Waals surface area contributed by atoms with Gasteiger partial charge in [0.2, 0.25) is 0 Å². The van der Waals surface area contributed by atoms with Crippen molar-refractivity contribution >= 4 is 26.4 Å². The largest absolute Gasteiger partial charge is 0.505 e. The normalized spacial score (nSPS) is 12.7. The summed E-state index contributed by atoms with van der Waals surface area (Å²) < 4.78 is 62.2. The summed E-state index contributed by atoms with van der Waals surface area (Å²) in [6.45, 7) is 22.0. The Labute approximate surface area is 252 Å². The van der Waals surface area contributed by atoms with E-state index < -0.39 is 26.4 Å². The van der Waals surface area contributed by atoms with Gasteiger partial charge in [0.1, 0.15) is 5.75 Å². The fraction of sp³-hybridized carbons (Fsp3) is 0.786. The number of benzene rings is 1. The molecule has 13 heteroatoms. The Balaban J connectivity index is 3.91. The van der Waals surface area contributed by atoms with Gasteiger partial charge in [-0.1, -0.05) is 12.1 Å². The first-order valence-electron chi connectivity index (χ1n) is 15.2. The van der Waals surface area contributed by atoms with Gasteiger partial charge in [-0.05, 0) is 79.0 Å². The van der Waals surface area contributed by atoms with Gasteiger partial charge < -0.3 is 44.6 Å². The van der Waals surface area contributed by atoms with Crippen LogP contribution < -0.4 is 4.74 Å². The van der Waals surface area contributed by atoms with Gasteiger partial charge in [-0.25, -0.2) is 0 Å². The van der Waals surface area contributed by atoms with E-state index in [1.54, 1.807) is 7.11 Å². The molecule has 1 aromatic rings. The van der Waals surface area contributed by atoms with Gasteiger partial charge in [0.25, 0.3) is 0 Å². The van der Waals surface area contributed by atoms with Crippen LogP contribution in [-0.2, 0) is 58.0 Å². The Morgan fingerprint density at radius 2 is 0.659 bits per heavy atom. The molecule has 240 valence electrons. The molecule has 1 rings (SSSR count). The maximum absolute atomic E-state index is 6.23. The highest BCUT2D eigenvalue weighted by molar-refractivity contribution is 6.61. The summed E-state index contributed by atoms with van der Waals surface area (Å²) in [4.78, 5) is 0. The van der Waals surface area contributed by atoms with Crippen molar-refractivity contribution in [2.45, 2.75) is 80.4 Å². The van der Waals surface area contributed by atoms with Crippen molar-refractivity contribution in [3.63, 3.8) is 0 Å². The highest BCUT2D eigenvalue weighted by Gasteiger charge is 2.46. The zero-order valence-electron chi connectivity index (χ0n) is 27.2. The number of methoxy groups -OCH3 is 1. The molecule has 0 aliphatic rings. The highest BCUT2D eigenvalue weighted by Crippen LogP contribution is 2.34. The number of rotatable bonds is 25. The molecular formula is C28H56O10Si3. The molecule has 10 nitrogen and oxygen atoms in total. The summed E-state index contributed by atoms with van der Waals surface area (Å²) in [5.74, 6) is 0.720. The van der Waals surface area contributed by atoms with Crippen molar-refractivity contribution in [3.8, 4) is 5.75 Å². The monoisotopic (exact) mass is 636 g/mol. The predicted octanol–water partition coefficient (Wildman–Crippen LogP) is 5.09. The van der Waals surface area contributed by atoms with Crippen LogP contribution in [0.1, 0.15) is 79.0 Å². The van der Waals surface area contributed by atoms with E-state index >= 15 is 0 Å². The topological polar surface area (TPSA) is 92.3 Å². The van der Waals surface area contributed by atoms with E-state index in [4.69, 9.17) is 44.6 Å². The summed E-state index contributed by atoms with van der Waals surface area (Å²) >= 11 is 0. The summed E-state index contributed by atoms with van der Waals surface area (Å²) in [6.07, 6.45) is 0. The second-order valence-electron chi connectivity index (χ2n) is 8.92. The number of hydrogen-bond donors (Lipinski definition) is 0. The Morgan fingerprint density at radius 1 is 0.415 bits per heavy atom. The van der Waals surface area contributed by atoms with Crippen molar-refractivity contribution in [3.05, 3.63) is 28.8 Å². The third kappa shape index (κ3) is 11.7. The van der Waals surface area contributed by atoms with Gasteiger partial charge >= 0.3 is 26.4 Å². The summed E-state index contributed by atoms with van der Waals surface area (Å²) in [6, 6.07) is 5.60. The summed E-state index contributed by atoms with van der Waals surface area (Å²) in [7, 11) is -7.51. The lowest BCUT2D eigenvalue weighted by Gasteiger charge is -2.32. The molecule has 0 heterocycles. The molecule has 0 fully saturated rings. The Bertz CT molecular complexity index is 745. The van der Waals surface area contributed by atoms with Gasteiger partial charge in [-0.15, -0.1) is 0 Å². The molecular weight excluding hydrogens is 581 g/mol. The minimum Gasteiger partial charge on any atom is -0.496 e. The van der Waals surface area contributed by atoms with Gasteiger partial charge in [0, 0.05) is 77.6 Å². The Kier molecular flexibility index (Phi) is 19.0. The predicted molar refractivity (Wildman–Crippen MR) is 166 cm³/mol. The average Bonchev–Trinajstić information content (AvgIpc) is 2.90. The van der Waals surface area contributed by atoms with Crippen LogP contribution in [0.3, 0.4) is 0 Å². The van der Waals surface area contributed by atoms with Crippen molar-refractivity contribution < 1.29 is 44.6 Å². The molecule has 0 bridgehead atoms. The minimum atomic E-state index is -3.08. The fourth-order valence-corrected chi connectivity index (χ4v) is 12.8. The molecule has 1 aromatic carbocycles. The van der Waals surface area contributed by atoms with E-state index in [0.717, 1.165) is 22.4 Å². The zero-order valence-corrected chi connectivity index (χ0v) is 30.2. The molecule has 0 atom stereocenters. The van der Waals surface area contributed by atoms with E-state index in [1.807, 2.05) is 62.3 Å². The maximum atomic E-state index is 6.23. The second-order valence-corrected chi connectivity index (χ2v) is 16.7. The van der Waals surface area contributed by atoms with Crippen LogP contribution in [-0.4, -0.2) is 93.0 Å². The van der Waals surface area contributed by atoms with Crippen molar-refractivity contribution in [1.82, 2.24) is 0 Å². The maximum Gasteiger partial charge on any atom is 0.505 e. The molecule has 0 radical (unpaired) electrons. The quantitative estimate of drug-likeness (QED) is 0.135. The van der Waals surface area contributed by atoms with Crippen LogP contribution in [0.2, 0.25) is 0 Å². The minimum absolute atomic E-state index is 0.436. The van der Waals surface area contributed by atoms with E-state index in [2.05, 4.69) is 12.1 Å². The van der Waals surface area contributed by atoms with E-state index in [0.29, 0.717) is 77.6 Å². The van der Waals surface area contributed by atoms with Crippen LogP contribution in [0.5, 0.6) is 5.75 Å². The third-order valence-corrected chi connectivity index (χ3v) is 15.0. The van der Waals surface area contributed by atoms with Gasteiger partial charge in [0.15, 0.2) is 0 Å². The van der Waals surface area contributed by atoms with Gasteiger partial charge in [-0.2, -0.15) is 0 Å². The molecule has 41 heavy (non-hydrogen) atoms. The molecule has 0 aromatic heterocycles. The third-order valence-electron chi connectivity index (χ3n) is 6.02. The highest BCUT2D eigenvalue weighted by atomic mass is 28.4. The van der Waals surface area contributed by atoms with Crippen LogP contribution in [0.15, 0.2) is 12.1 Å². The van der Waals surface area contributed by atoms with Crippen LogP contribution in [0, 0.1) is 0 Å². The van der Waals surface area contributed by atoms with Crippen LogP contribution in [0.4, 0.5) is 0 Å². The molecule has 0 N–H and O–H groups in total. The zero-order chi connectivity index (χ0) is 30.8. The summed E-state index contributed by atoms with van der Waals surface area (Å²) in [5, 5.41) is 0. The smallest absolute Gasteiger partial charge is 0.496 e. The first-order valence-corrected chi connectivity index (χ1v) is 21.0. The molecule has 0 amide bonds. The first kappa shape index (κ1) is 38.3. The van der Waals surface area contributed by atoms with Crippen LogP contribution in [0.25, 0.3) is 0 Å². The number of ether oxygens (including phenoxy) is 1.